The zero-order valence-corrected chi connectivity index (χ0v) is 15.1. The molecular weight excluding hydrogens is 300 g/mol. The Bertz CT molecular complexity index is 658. The van der Waals surface area contributed by atoms with E-state index in [1.54, 1.807) is 6.92 Å². The predicted molar refractivity (Wildman–Crippen MR) is 91.3 cm³/mol. The Hall–Kier alpha value is -1.25. The highest BCUT2D eigenvalue weighted by Crippen LogP contribution is 2.65. The summed E-state index contributed by atoms with van der Waals surface area (Å²) >= 11 is 0. The van der Waals surface area contributed by atoms with Gasteiger partial charge in [-0.15, -0.1) is 0 Å². The molecule has 0 aromatic carbocycles. The molecule has 6 atom stereocenters. The number of allylic oxidation sites excluding steroid dienone is 1. The van der Waals surface area contributed by atoms with Gasteiger partial charge in [0.1, 0.15) is 11.6 Å². The van der Waals surface area contributed by atoms with Gasteiger partial charge in [0.05, 0.1) is 5.92 Å². The normalized spacial score (nSPS) is 47.5. The lowest BCUT2D eigenvalue weighted by molar-refractivity contribution is -0.135. The van der Waals surface area contributed by atoms with E-state index < -0.39 is 0 Å². The fourth-order valence-corrected chi connectivity index (χ4v) is 7.04. The number of Topliss-reactive ketones (excluding diaryl/α,β-unsaturated/α-hetero) is 2. The number of carbonyl (C=O) groups excluding carboxylic acids is 3. The van der Waals surface area contributed by atoms with Crippen molar-refractivity contribution in [3.63, 3.8) is 0 Å². The van der Waals surface area contributed by atoms with Crippen molar-refractivity contribution in [3.05, 3.63) is 11.6 Å². The number of hydrogen-bond acceptors (Lipinski definition) is 3. The summed E-state index contributed by atoms with van der Waals surface area (Å²) in [5.41, 5.74) is 1.36. The van der Waals surface area contributed by atoms with Crippen LogP contribution in [0.1, 0.15) is 65.7 Å². The van der Waals surface area contributed by atoms with Crippen molar-refractivity contribution >= 4 is 17.3 Å². The van der Waals surface area contributed by atoms with Gasteiger partial charge in [0.15, 0.2) is 5.78 Å². The first kappa shape index (κ1) is 16.2. The molecule has 130 valence electrons. The summed E-state index contributed by atoms with van der Waals surface area (Å²) in [7, 11) is 0. The van der Waals surface area contributed by atoms with Crippen LogP contribution < -0.4 is 0 Å². The molecule has 0 N–H and O–H groups in total. The van der Waals surface area contributed by atoms with Crippen molar-refractivity contribution in [1.82, 2.24) is 0 Å². The van der Waals surface area contributed by atoms with Crippen LogP contribution in [0.3, 0.4) is 0 Å². The molecular formula is C21H28O3. The van der Waals surface area contributed by atoms with Gasteiger partial charge in [-0.2, -0.15) is 0 Å². The molecule has 24 heavy (non-hydrogen) atoms. The van der Waals surface area contributed by atoms with Crippen LogP contribution in [-0.4, -0.2) is 17.3 Å². The van der Waals surface area contributed by atoms with Gasteiger partial charge in [-0.1, -0.05) is 19.4 Å². The van der Waals surface area contributed by atoms with E-state index in [-0.39, 0.29) is 34.1 Å². The van der Waals surface area contributed by atoms with E-state index in [1.165, 1.54) is 5.57 Å². The van der Waals surface area contributed by atoms with E-state index in [0.717, 1.165) is 32.1 Å². The van der Waals surface area contributed by atoms with Gasteiger partial charge in [-0.3, -0.25) is 14.4 Å². The average Bonchev–Trinajstić information content (AvgIpc) is 2.78. The van der Waals surface area contributed by atoms with Gasteiger partial charge in [0, 0.05) is 12.8 Å². The molecule has 3 fully saturated rings. The van der Waals surface area contributed by atoms with E-state index in [4.69, 9.17) is 0 Å². The number of rotatable bonds is 1. The molecule has 3 heteroatoms. The molecule has 0 aromatic rings. The Balaban J connectivity index is 1.70. The second kappa shape index (κ2) is 5.12. The molecule has 0 amide bonds. The number of carbonyl (C=O) groups is 3. The molecule has 0 aromatic heterocycles. The standard InChI is InChI=1S/C21H28O3/c1-12(22)19-18(24)11-17-15-5-4-13-10-14(23)6-8-20(13,2)16(15)7-9-21(17,19)3/h10,15-17,19H,4-9,11H2,1-3H3/t15-,16+,17+,19+,20+,21+/m1/s1. The van der Waals surface area contributed by atoms with Crippen molar-refractivity contribution in [3.8, 4) is 0 Å². The van der Waals surface area contributed by atoms with Gasteiger partial charge in [-0.05, 0) is 73.7 Å². The second-order valence-corrected chi connectivity index (χ2v) is 9.23. The molecule has 0 unspecified atom stereocenters. The highest BCUT2D eigenvalue weighted by Gasteiger charge is 2.62. The average molecular weight is 328 g/mol. The Morgan fingerprint density at radius 2 is 1.83 bits per heavy atom. The highest BCUT2D eigenvalue weighted by molar-refractivity contribution is 6.04. The van der Waals surface area contributed by atoms with Crippen molar-refractivity contribution in [2.45, 2.75) is 65.7 Å². The summed E-state index contributed by atoms with van der Waals surface area (Å²) < 4.78 is 0. The van der Waals surface area contributed by atoms with Crippen LogP contribution in [0, 0.1) is 34.5 Å². The SMILES string of the molecule is CC(=O)[C@H]1C(=O)C[C@H]2[C@@H]3CCC4=CC(=O)CC[C@]4(C)[C@H]3CC[C@]12C. The monoisotopic (exact) mass is 328 g/mol. The smallest absolute Gasteiger partial charge is 0.155 e. The van der Waals surface area contributed by atoms with Crippen molar-refractivity contribution in [2.75, 3.05) is 0 Å². The molecule has 0 aliphatic heterocycles. The van der Waals surface area contributed by atoms with E-state index in [2.05, 4.69) is 13.8 Å². The third kappa shape index (κ3) is 1.99. The van der Waals surface area contributed by atoms with Crippen LogP contribution >= 0.6 is 0 Å². The number of ketones is 3. The lowest BCUT2D eigenvalue weighted by atomic mass is 9.46. The van der Waals surface area contributed by atoms with Crippen LogP contribution in [0.2, 0.25) is 0 Å². The largest absolute Gasteiger partial charge is 0.299 e. The molecule has 0 saturated heterocycles. The summed E-state index contributed by atoms with van der Waals surface area (Å²) in [4.78, 5) is 36.6. The molecule has 0 radical (unpaired) electrons. The van der Waals surface area contributed by atoms with Crippen LogP contribution in [-0.2, 0) is 14.4 Å². The molecule has 3 saturated carbocycles. The summed E-state index contributed by atoms with van der Waals surface area (Å²) in [5, 5.41) is 0. The van der Waals surface area contributed by atoms with Crippen molar-refractivity contribution in [1.29, 1.82) is 0 Å². The lowest BCUT2D eigenvalue weighted by Crippen LogP contribution is -2.51. The fraction of sp³-hybridized carbons (Fsp3) is 0.762. The maximum absolute atomic E-state index is 12.6. The Kier molecular flexibility index (Phi) is 3.47. The van der Waals surface area contributed by atoms with Crippen LogP contribution in [0.15, 0.2) is 11.6 Å². The van der Waals surface area contributed by atoms with Crippen LogP contribution in [0.25, 0.3) is 0 Å². The van der Waals surface area contributed by atoms with E-state index in [9.17, 15) is 14.4 Å². The minimum Gasteiger partial charge on any atom is -0.299 e. The van der Waals surface area contributed by atoms with Crippen LogP contribution in [0.4, 0.5) is 0 Å². The topological polar surface area (TPSA) is 51.2 Å². The Labute approximate surface area is 144 Å². The molecule has 0 spiro atoms. The maximum atomic E-state index is 12.6. The zero-order chi connectivity index (χ0) is 17.3. The fourth-order valence-electron chi connectivity index (χ4n) is 7.04. The first-order chi connectivity index (χ1) is 11.3. The summed E-state index contributed by atoms with van der Waals surface area (Å²) in [5.74, 6) is 1.62. The Morgan fingerprint density at radius 3 is 2.54 bits per heavy atom. The van der Waals surface area contributed by atoms with E-state index >= 15 is 0 Å². The zero-order valence-electron chi connectivity index (χ0n) is 15.1. The first-order valence-corrected chi connectivity index (χ1v) is 9.54. The molecule has 3 nitrogen and oxygen atoms in total. The first-order valence-electron chi connectivity index (χ1n) is 9.54. The van der Waals surface area contributed by atoms with Crippen LogP contribution in [0.5, 0.6) is 0 Å². The molecule has 4 aliphatic carbocycles. The van der Waals surface area contributed by atoms with Gasteiger partial charge >= 0.3 is 0 Å². The second-order valence-electron chi connectivity index (χ2n) is 9.23. The third-order valence-electron chi connectivity index (χ3n) is 8.21. The number of hydrogen-bond donors (Lipinski definition) is 0. The molecule has 4 aliphatic rings. The molecule has 0 bridgehead atoms. The van der Waals surface area contributed by atoms with Crippen molar-refractivity contribution < 1.29 is 14.4 Å². The quantitative estimate of drug-likeness (QED) is 0.686. The molecule has 0 heterocycles. The van der Waals surface area contributed by atoms with Gasteiger partial charge < -0.3 is 0 Å². The van der Waals surface area contributed by atoms with E-state index in [1.807, 2.05) is 6.08 Å². The minimum atomic E-state index is -0.374. The Morgan fingerprint density at radius 1 is 1.08 bits per heavy atom. The third-order valence-corrected chi connectivity index (χ3v) is 8.21. The highest BCUT2D eigenvalue weighted by atomic mass is 16.2. The van der Waals surface area contributed by atoms with Gasteiger partial charge in [-0.25, -0.2) is 0 Å². The van der Waals surface area contributed by atoms with E-state index in [0.29, 0.717) is 30.6 Å². The predicted octanol–water partition coefficient (Wildman–Crippen LogP) is 3.90. The summed E-state index contributed by atoms with van der Waals surface area (Å²) in [6, 6.07) is 0. The molecule has 4 rings (SSSR count). The van der Waals surface area contributed by atoms with Gasteiger partial charge in [0.2, 0.25) is 0 Å². The lowest BCUT2D eigenvalue weighted by Gasteiger charge is -2.57. The minimum absolute atomic E-state index is 0.0642. The summed E-state index contributed by atoms with van der Waals surface area (Å²) in [6.07, 6.45) is 8.29. The maximum Gasteiger partial charge on any atom is 0.155 e. The van der Waals surface area contributed by atoms with Gasteiger partial charge in [0.25, 0.3) is 0 Å². The number of fused-ring (bicyclic) bond motifs is 5. The summed E-state index contributed by atoms with van der Waals surface area (Å²) in [6.45, 7) is 6.14. The van der Waals surface area contributed by atoms with Crippen molar-refractivity contribution in [2.24, 2.45) is 34.5 Å².